The maximum Gasteiger partial charge on any atom is 0.157 e. The molecule has 0 unspecified atom stereocenters. The van der Waals surface area contributed by atoms with Crippen molar-refractivity contribution in [3.05, 3.63) is 23.5 Å². The zero-order chi connectivity index (χ0) is 16.0. The average Bonchev–Trinajstić information content (AvgIpc) is 3.19. The smallest absolute Gasteiger partial charge is 0.157 e. The highest BCUT2D eigenvalue weighted by Crippen LogP contribution is 2.41. The van der Waals surface area contributed by atoms with Crippen LogP contribution in [0, 0.1) is 5.41 Å². The second-order valence-electron chi connectivity index (χ2n) is 7.50. The third kappa shape index (κ3) is 2.31. The molecule has 24 heavy (non-hydrogen) atoms. The van der Waals surface area contributed by atoms with Crippen molar-refractivity contribution >= 4 is 11.5 Å². The van der Waals surface area contributed by atoms with Gasteiger partial charge in [0.1, 0.15) is 5.82 Å². The molecule has 128 valence electrons. The Morgan fingerprint density at radius 3 is 2.83 bits per heavy atom. The number of fused-ring (bicyclic) bond motifs is 2. The lowest BCUT2D eigenvalue weighted by molar-refractivity contribution is 0.133. The van der Waals surface area contributed by atoms with E-state index in [-0.39, 0.29) is 0 Å². The van der Waals surface area contributed by atoms with Crippen molar-refractivity contribution < 1.29 is 4.74 Å². The van der Waals surface area contributed by atoms with Gasteiger partial charge in [0.2, 0.25) is 0 Å². The van der Waals surface area contributed by atoms with Crippen LogP contribution in [0.1, 0.15) is 30.5 Å². The second-order valence-corrected chi connectivity index (χ2v) is 7.50. The molecule has 2 saturated heterocycles. The van der Waals surface area contributed by atoms with Gasteiger partial charge in [-0.1, -0.05) is 0 Å². The molecule has 2 aromatic rings. The maximum absolute atomic E-state index is 5.69. The normalized spacial score (nSPS) is 23.6. The first-order valence-corrected chi connectivity index (χ1v) is 9.24. The molecule has 1 spiro atoms. The van der Waals surface area contributed by atoms with Crippen LogP contribution < -0.4 is 10.2 Å². The fourth-order valence-electron chi connectivity index (χ4n) is 4.58. The molecule has 3 aliphatic rings. The Morgan fingerprint density at radius 2 is 2.00 bits per heavy atom. The monoisotopic (exact) mass is 327 g/mol. The maximum atomic E-state index is 5.69. The Balaban J connectivity index is 1.54. The van der Waals surface area contributed by atoms with Crippen molar-refractivity contribution in [1.29, 1.82) is 0 Å². The molecule has 0 atom stereocenters. The van der Waals surface area contributed by atoms with E-state index >= 15 is 0 Å². The van der Waals surface area contributed by atoms with Gasteiger partial charge in [0.25, 0.3) is 0 Å². The van der Waals surface area contributed by atoms with Crippen molar-refractivity contribution in [2.75, 3.05) is 44.3 Å². The fourth-order valence-corrected chi connectivity index (χ4v) is 4.58. The zero-order valence-corrected chi connectivity index (χ0v) is 14.1. The molecule has 5 rings (SSSR count). The number of nitrogens with zero attached hydrogens (tertiary/aromatic N) is 4. The van der Waals surface area contributed by atoms with Gasteiger partial charge in [0, 0.05) is 44.3 Å². The highest BCUT2D eigenvalue weighted by atomic mass is 16.5. The van der Waals surface area contributed by atoms with E-state index in [4.69, 9.17) is 9.72 Å². The van der Waals surface area contributed by atoms with Crippen molar-refractivity contribution in [3.63, 3.8) is 0 Å². The quantitative estimate of drug-likeness (QED) is 0.859. The topological polar surface area (TPSA) is 54.7 Å². The number of nitrogens with one attached hydrogen (secondary N) is 1. The molecule has 0 aromatic carbocycles. The molecule has 0 bridgehead atoms. The van der Waals surface area contributed by atoms with Crippen molar-refractivity contribution in [1.82, 2.24) is 19.9 Å². The number of hydrogen-bond donors (Lipinski definition) is 1. The molecule has 0 amide bonds. The first-order chi connectivity index (χ1) is 11.8. The third-order valence-corrected chi connectivity index (χ3v) is 6.09. The average molecular weight is 327 g/mol. The van der Waals surface area contributed by atoms with Crippen LogP contribution in [0.25, 0.3) is 5.65 Å². The Hall–Kier alpha value is -1.66. The molecule has 2 fully saturated rings. The van der Waals surface area contributed by atoms with Crippen LogP contribution in [-0.4, -0.2) is 54.0 Å². The highest BCUT2D eigenvalue weighted by Gasteiger charge is 2.39. The number of ether oxygens (including phenoxy) is 1. The number of anilines is 1. The minimum atomic E-state index is 0.436. The number of piperidine rings is 1. The number of rotatable bonds is 1. The molecular formula is C18H25N5O. The van der Waals surface area contributed by atoms with Crippen molar-refractivity contribution in [2.24, 2.45) is 5.41 Å². The lowest BCUT2D eigenvalue weighted by atomic mass is 9.78. The molecule has 3 aliphatic heterocycles. The van der Waals surface area contributed by atoms with Crippen LogP contribution in [0.15, 0.2) is 12.3 Å². The summed E-state index contributed by atoms with van der Waals surface area (Å²) in [5.74, 6) is 1.29. The summed E-state index contributed by atoms with van der Waals surface area (Å²) in [5, 5.41) is 8.09. The fraction of sp³-hybridized carbons (Fsp3) is 0.667. The summed E-state index contributed by atoms with van der Waals surface area (Å²) in [7, 11) is 0. The Kier molecular flexibility index (Phi) is 3.49. The van der Waals surface area contributed by atoms with E-state index < -0.39 is 0 Å². The first kappa shape index (κ1) is 14.7. The van der Waals surface area contributed by atoms with Crippen LogP contribution >= 0.6 is 0 Å². The summed E-state index contributed by atoms with van der Waals surface area (Å²) >= 11 is 0. The van der Waals surface area contributed by atoms with Crippen LogP contribution in [0.4, 0.5) is 5.82 Å². The van der Waals surface area contributed by atoms with Crippen LogP contribution in [0.2, 0.25) is 0 Å². The minimum Gasteiger partial charge on any atom is -0.381 e. The third-order valence-electron chi connectivity index (χ3n) is 6.09. The van der Waals surface area contributed by atoms with E-state index in [1.165, 1.54) is 36.3 Å². The lowest BCUT2D eigenvalue weighted by Gasteiger charge is -2.40. The molecule has 0 radical (unpaired) electrons. The zero-order valence-electron chi connectivity index (χ0n) is 14.1. The summed E-state index contributed by atoms with van der Waals surface area (Å²) in [4.78, 5) is 7.43. The van der Waals surface area contributed by atoms with Gasteiger partial charge in [0.15, 0.2) is 5.65 Å². The summed E-state index contributed by atoms with van der Waals surface area (Å²) in [6.45, 7) is 6.14. The van der Waals surface area contributed by atoms with Gasteiger partial charge in [0.05, 0.1) is 18.5 Å². The number of aromatic nitrogens is 3. The van der Waals surface area contributed by atoms with E-state index in [1.807, 2.05) is 12.3 Å². The van der Waals surface area contributed by atoms with Gasteiger partial charge in [-0.05, 0) is 37.6 Å². The van der Waals surface area contributed by atoms with E-state index in [2.05, 4.69) is 19.8 Å². The SMILES string of the molecule is c1cc2nc3c(c(N4CCC5(CCOC5)CC4)n2n1)CCNCC3. The standard InChI is InChI=1S/C18H25N5O/c1-7-19-8-2-15-14(1)17(23-16(21-15)3-9-20-23)22-10-4-18(5-11-22)6-12-24-13-18/h3,9,19H,1-2,4-8,10-13H2. The molecule has 6 heteroatoms. The van der Waals surface area contributed by atoms with Crippen molar-refractivity contribution in [3.8, 4) is 0 Å². The van der Waals surface area contributed by atoms with Crippen LogP contribution in [-0.2, 0) is 17.6 Å². The Bertz CT molecular complexity index is 739. The van der Waals surface area contributed by atoms with E-state index in [0.29, 0.717) is 5.41 Å². The van der Waals surface area contributed by atoms with Gasteiger partial charge in [-0.25, -0.2) is 4.98 Å². The summed E-state index contributed by atoms with van der Waals surface area (Å²) in [6, 6.07) is 2.03. The van der Waals surface area contributed by atoms with Gasteiger partial charge in [-0.3, -0.25) is 0 Å². The van der Waals surface area contributed by atoms with Gasteiger partial charge in [-0.15, -0.1) is 0 Å². The summed E-state index contributed by atoms with van der Waals surface area (Å²) in [5.41, 5.74) is 4.07. The minimum absolute atomic E-state index is 0.436. The van der Waals surface area contributed by atoms with Crippen molar-refractivity contribution in [2.45, 2.75) is 32.1 Å². The van der Waals surface area contributed by atoms with E-state index in [0.717, 1.165) is 57.9 Å². The molecule has 0 saturated carbocycles. The predicted octanol–water partition coefficient (Wildman–Crippen LogP) is 1.42. The highest BCUT2D eigenvalue weighted by molar-refractivity contribution is 5.58. The molecule has 5 heterocycles. The van der Waals surface area contributed by atoms with Gasteiger partial charge < -0.3 is 15.0 Å². The predicted molar refractivity (Wildman–Crippen MR) is 92.6 cm³/mol. The first-order valence-electron chi connectivity index (χ1n) is 9.24. The molecule has 2 aromatic heterocycles. The van der Waals surface area contributed by atoms with Gasteiger partial charge >= 0.3 is 0 Å². The van der Waals surface area contributed by atoms with E-state index in [1.54, 1.807) is 0 Å². The number of hydrogen-bond acceptors (Lipinski definition) is 5. The summed E-state index contributed by atoms with van der Waals surface area (Å²) in [6.07, 6.45) is 7.61. The Morgan fingerprint density at radius 1 is 1.12 bits per heavy atom. The van der Waals surface area contributed by atoms with Gasteiger partial charge in [-0.2, -0.15) is 9.61 Å². The Labute approximate surface area is 142 Å². The molecule has 0 aliphatic carbocycles. The molecule has 6 nitrogen and oxygen atoms in total. The second kappa shape index (κ2) is 5.70. The van der Waals surface area contributed by atoms with Crippen LogP contribution in [0.5, 0.6) is 0 Å². The van der Waals surface area contributed by atoms with E-state index in [9.17, 15) is 0 Å². The summed E-state index contributed by atoms with van der Waals surface area (Å²) < 4.78 is 7.75. The lowest BCUT2D eigenvalue weighted by Crippen LogP contribution is -2.42. The molecular weight excluding hydrogens is 302 g/mol. The van der Waals surface area contributed by atoms with Crippen LogP contribution in [0.3, 0.4) is 0 Å². The largest absolute Gasteiger partial charge is 0.381 e. The molecule has 1 N–H and O–H groups in total.